The van der Waals surface area contributed by atoms with Gasteiger partial charge in [0.1, 0.15) is 11.5 Å². The summed E-state index contributed by atoms with van der Waals surface area (Å²) in [5.41, 5.74) is 0.870. The van der Waals surface area contributed by atoms with E-state index in [0.717, 1.165) is 0 Å². The number of likely N-dealkylation sites (tertiary alicyclic amines) is 1. The average Bonchev–Trinajstić information content (AvgIpc) is 2.97. The first-order valence-electron chi connectivity index (χ1n) is 9.02. The van der Waals surface area contributed by atoms with Crippen molar-refractivity contribution >= 4 is 29.1 Å². The van der Waals surface area contributed by atoms with Crippen LogP contribution in [0.15, 0.2) is 48.3 Å². The number of aliphatic hydroxyl groups excluding tert-OH is 1. The van der Waals surface area contributed by atoms with Crippen molar-refractivity contribution in [1.29, 1.82) is 0 Å². The first kappa shape index (κ1) is 20.8. The Morgan fingerprint density at radius 1 is 1.31 bits per heavy atom. The monoisotopic (exact) mass is 415 g/mol. The molecule has 0 aliphatic carbocycles. The van der Waals surface area contributed by atoms with E-state index < -0.39 is 17.7 Å². The van der Waals surface area contributed by atoms with Crippen molar-refractivity contribution in [3.8, 4) is 5.75 Å². The number of rotatable bonds is 6. The van der Waals surface area contributed by atoms with Gasteiger partial charge < -0.3 is 19.6 Å². The molecular weight excluding hydrogens is 394 g/mol. The highest BCUT2D eigenvalue weighted by Crippen LogP contribution is 2.41. The lowest BCUT2D eigenvalue weighted by Crippen LogP contribution is -2.35. The van der Waals surface area contributed by atoms with Crippen molar-refractivity contribution in [3.05, 3.63) is 64.4 Å². The molecule has 0 bridgehead atoms. The highest BCUT2D eigenvalue weighted by atomic mass is 35.5. The van der Waals surface area contributed by atoms with Gasteiger partial charge in [-0.15, -0.1) is 0 Å². The Hall–Kier alpha value is -2.90. The zero-order valence-electron chi connectivity index (χ0n) is 16.4. The number of benzene rings is 1. The second-order valence-corrected chi connectivity index (χ2v) is 7.36. The summed E-state index contributed by atoms with van der Waals surface area (Å²) >= 11 is 6.09. The first-order chi connectivity index (χ1) is 13.8. The number of ether oxygens (including phenoxy) is 1. The number of pyridine rings is 1. The summed E-state index contributed by atoms with van der Waals surface area (Å²) in [4.78, 5) is 33.2. The van der Waals surface area contributed by atoms with Crippen molar-refractivity contribution in [2.75, 3.05) is 34.3 Å². The van der Waals surface area contributed by atoms with Gasteiger partial charge in [-0.1, -0.05) is 17.7 Å². The highest BCUT2D eigenvalue weighted by molar-refractivity contribution is 6.46. The van der Waals surface area contributed by atoms with Gasteiger partial charge in [-0.3, -0.25) is 14.6 Å². The number of nitrogens with zero attached hydrogens (tertiary/aromatic N) is 3. The summed E-state index contributed by atoms with van der Waals surface area (Å²) in [6, 6.07) is 7.45. The topological polar surface area (TPSA) is 83.0 Å². The number of hydrogen-bond donors (Lipinski definition) is 1. The van der Waals surface area contributed by atoms with Gasteiger partial charge in [-0.05, 0) is 43.9 Å². The smallest absolute Gasteiger partial charge is 0.295 e. The van der Waals surface area contributed by atoms with Crippen LogP contribution >= 0.6 is 11.6 Å². The fourth-order valence-corrected chi connectivity index (χ4v) is 3.49. The molecule has 1 aromatic heterocycles. The Morgan fingerprint density at radius 3 is 2.69 bits per heavy atom. The molecule has 1 aromatic carbocycles. The molecule has 1 atom stereocenters. The van der Waals surface area contributed by atoms with Gasteiger partial charge >= 0.3 is 0 Å². The summed E-state index contributed by atoms with van der Waals surface area (Å²) in [5, 5.41) is 11.4. The highest BCUT2D eigenvalue weighted by Gasteiger charge is 2.46. The lowest BCUT2D eigenvalue weighted by Gasteiger charge is -2.26. The number of halogens is 1. The summed E-state index contributed by atoms with van der Waals surface area (Å²) in [6.07, 6.45) is 3.19. The first-order valence-corrected chi connectivity index (χ1v) is 9.40. The Kier molecular flexibility index (Phi) is 6.20. The average molecular weight is 416 g/mol. The Bertz CT molecular complexity index is 960. The molecule has 1 fully saturated rings. The van der Waals surface area contributed by atoms with Crippen molar-refractivity contribution < 1.29 is 19.4 Å². The van der Waals surface area contributed by atoms with Crippen molar-refractivity contribution in [2.24, 2.45) is 0 Å². The quantitative estimate of drug-likeness (QED) is 0.443. The van der Waals surface area contributed by atoms with Crippen LogP contribution in [0.1, 0.15) is 17.2 Å². The molecule has 152 valence electrons. The van der Waals surface area contributed by atoms with Gasteiger partial charge in [0, 0.05) is 30.5 Å². The van der Waals surface area contributed by atoms with Crippen LogP contribution in [0.25, 0.3) is 5.76 Å². The van der Waals surface area contributed by atoms with Gasteiger partial charge in [0.05, 0.1) is 24.3 Å². The minimum absolute atomic E-state index is 0.0117. The molecule has 1 aliphatic heterocycles. The van der Waals surface area contributed by atoms with E-state index >= 15 is 0 Å². The molecule has 2 aromatic rings. The molecule has 0 radical (unpaired) electrons. The maximum atomic E-state index is 12.9. The second kappa shape index (κ2) is 8.63. The van der Waals surface area contributed by atoms with E-state index in [4.69, 9.17) is 16.3 Å². The molecule has 1 aliphatic rings. The minimum Gasteiger partial charge on any atom is -0.507 e. The summed E-state index contributed by atoms with van der Waals surface area (Å²) in [5.74, 6) is -1.40. The fraction of sp³-hybridized carbons (Fsp3) is 0.286. The molecule has 0 unspecified atom stereocenters. The largest absolute Gasteiger partial charge is 0.507 e. The number of carbonyl (C=O) groups excluding carboxylic acids is 2. The number of carbonyl (C=O) groups is 2. The van der Waals surface area contributed by atoms with Crippen molar-refractivity contribution in [1.82, 2.24) is 14.8 Å². The standard InChI is InChI=1S/C21H22ClN3O4/c1-24(2)9-10-25-18(13-5-4-8-23-12-13)17(20(27)21(25)28)19(26)15-11-14(22)6-7-16(15)29-3/h4-8,11-12,18,26H,9-10H2,1-3H3/t18-/m0/s1. The van der Waals surface area contributed by atoms with Crippen LogP contribution < -0.4 is 4.74 Å². The van der Waals surface area contributed by atoms with E-state index in [0.29, 0.717) is 29.4 Å². The molecule has 1 N–H and O–H groups in total. The Labute approximate surface area is 174 Å². The zero-order chi connectivity index (χ0) is 21.1. The van der Waals surface area contributed by atoms with Gasteiger partial charge in [-0.25, -0.2) is 0 Å². The number of hydrogen-bond acceptors (Lipinski definition) is 6. The molecule has 0 saturated carbocycles. The maximum Gasteiger partial charge on any atom is 0.295 e. The van der Waals surface area contributed by atoms with E-state index in [1.807, 2.05) is 19.0 Å². The molecule has 2 heterocycles. The van der Waals surface area contributed by atoms with Crippen LogP contribution in [0, 0.1) is 0 Å². The second-order valence-electron chi connectivity index (χ2n) is 6.93. The summed E-state index contributed by atoms with van der Waals surface area (Å²) in [7, 11) is 5.22. The molecule has 1 saturated heterocycles. The molecule has 29 heavy (non-hydrogen) atoms. The van der Waals surface area contributed by atoms with Crippen molar-refractivity contribution in [3.63, 3.8) is 0 Å². The van der Waals surface area contributed by atoms with Crippen LogP contribution in [-0.2, 0) is 9.59 Å². The maximum absolute atomic E-state index is 12.9. The van der Waals surface area contributed by atoms with E-state index in [-0.39, 0.29) is 16.9 Å². The van der Waals surface area contributed by atoms with Crippen LogP contribution in [0.4, 0.5) is 0 Å². The van der Waals surface area contributed by atoms with Gasteiger partial charge in [0.2, 0.25) is 0 Å². The molecule has 8 heteroatoms. The number of ketones is 1. The van der Waals surface area contributed by atoms with Gasteiger partial charge in [-0.2, -0.15) is 0 Å². The Balaban J connectivity index is 2.19. The normalized spacial score (nSPS) is 18.5. The number of Topliss-reactive ketones (excluding diaryl/α,β-unsaturated/α-hetero) is 1. The predicted molar refractivity (Wildman–Crippen MR) is 110 cm³/mol. The number of aliphatic hydroxyl groups is 1. The Morgan fingerprint density at radius 2 is 2.07 bits per heavy atom. The summed E-state index contributed by atoms with van der Waals surface area (Å²) in [6.45, 7) is 0.880. The van der Waals surface area contributed by atoms with Crippen molar-refractivity contribution in [2.45, 2.75) is 6.04 Å². The third-order valence-electron chi connectivity index (χ3n) is 4.74. The van der Waals surface area contributed by atoms with E-state index in [1.165, 1.54) is 18.1 Å². The van der Waals surface area contributed by atoms with Crippen LogP contribution in [0.5, 0.6) is 5.75 Å². The third-order valence-corrected chi connectivity index (χ3v) is 4.98. The molecule has 0 spiro atoms. The lowest BCUT2D eigenvalue weighted by atomic mass is 9.96. The summed E-state index contributed by atoms with van der Waals surface area (Å²) < 4.78 is 5.31. The van der Waals surface area contributed by atoms with Gasteiger partial charge in [0.15, 0.2) is 0 Å². The molecule has 3 rings (SSSR count). The van der Waals surface area contributed by atoms with E-state index in [2.05, 4.69) is 4.98 Å². The third kappa shape index (κ3) is 4.11. The molecule has 1 amide bonds. The molecular formula is C21H22ClN3O4. The van der Waals surface area contributed by atoms with Crippen LogP contribution in [0.2, 0.25) is 5.02 Å². The minimum atomic E-state index is -0.757. The van der Waals surface area contributed by atoms with E-state index in [1.54, 1.807) is 36.7 Å². The van der Waals surface area contributed by atoms with Crippen LogP contribution in [0.3, 0.4) is 0 Å². The SMILES string of the molecule is COc1ccc(Cl)cc1C(O)=C1C(=O)C(=O)N(CCN(C)C)[C@H]1c1cccnc1. The lowest BCUT2D eigenvalue weighted by molar-refractivity contribution is -0.140. The number of likely N-dealkylation sites (N-methyl/N-ethyl adjacent to an activating group) is 1. The number of methoxy groups -OCH3 is 1. The van der Waals surface area contributed by atoms with Crippen LogP contribution in [-0.4, -0.2) is 65.9 Å². The number of amides is 1. The number of aromatic nitrogens is 1. The zero-order valence-corrected chi connectivity index (χ0v) is 17.2. The molecule has 7 nitrogen and oxygen atoms in total. The van der Waals surface area contributed by atoms with Gasteiger partial charge in [0.25, 0.3) is 11.7 Å². The fourth-order valence-electron chi connectivity index (χ4n) is 3.31. The predicted octanol–water partition coefficient (Wildman–Crippen LogP) is 2.73. The van der Waals surface area contributed by atoms with E-state index in [9.17, 15) is 14.7 Å².